The summed E-state index contributed by atoms with van der Waals surface area (Å²) in [6, 6.07) is 0. The van der Waals surface area contributed by atoms with Crippen molar-refractivity contribution >= 4 is 5.97 Å². The van der Waals surface area contributed by atoms with E-state index in [4.69, 9.17) is 4.74 Å². The molecular formula is C13H20O2. The Morgan fingerprint density at radius 1 is 1.53 bits per heavy atom. The highest BCUT2D eigenvalue weighted by atomic mass is 16.5. The zero-order chi connectivity index (χ0) is 10.9. The molecule has 2 rings (SSSR count). The van der Waals surface area contributed by atoms with E-state index in [-0.39, 0.29) is 11.4 Å². The summed E-state index contributed by atoms with van der Waals surface area (Å²) in [5.74, 6) is 1.02. The van der Waals surface area contributed by atoms with Gasteiger partial charge in [0, 0.05) is 0 Å². The predicted molar refractivity (Wildman–Crippen MR) is 59.3 cm³/mol. The van der Waals surface area contributed by atoms with E-state index in [0.717, 1.165) is 19.3 Å². The third kappa shape index (κ3) is 1.60. The fourth-order valence-electron chi connectivity index (χ4n) is 3.40. The fourth-order valence-corrected chi connectivity index (χ4v) is 3.40. The largest absolute Gasteiger partial charge is 0.469 e. The summed E-state index contributed by atoms with van der Waals surface area (Å²) in [6.45, 7) is 2.16. The van der Waals surface area contributed by atoms with Gasteiger partial charge in [0.25, 0.3) is 0 Å². The van der Waals surface area contributed by atoms with Crippen LogP contribution in [0.25, 0.3) is 0 Å². The third-order valence-electron chi connectivity index (χ3n) is 4.18. The van der Waals surface area contributed by atoms with Gasteiger partial charge in [0.15, 0.2) is 0 Å². The van der Waals surface area contributed by atoms with Crippen molar-refractivity contribution in [3.8, 4) is 0 Å². The second-order valence-electron chi connectivity index (χ2n) is 4.90. The van der Waals surface area contributed by atoms with Crippen LogP contribution < -0.4 is 0 Å². The van der Waals surface area contributed by atoms with Crippen LogP contribution >= 0.6 is 0 Å². The van der Waals surface area contributed by atoms with E-state index in [1.807, 2.05) is 0 Å². The molecule has 0 amide bonds. The van der Waals surface area contributed by atoms with Gasteiger partial charge in [0.05, 0.1) is 12.5 Å². The van der Waals surface area contributed by atoms with Crippen LogP contribution in [0.5, 0.6) is 0 Å². The molecule has 1 fully saturated rings. The summed E-state index contributed by atoms with van der Waals surface area (Å²) >= 11 is 0. The van der Waals surface area contributed by atoms with Crippen LogP contribution in [0.2, 0.25) is 0 Å². The molecule has 1 saturated carbocycles. The van der Waals surface area contributed by atoms with Gasteiger partial charge in [0.2, 0.25) is 0 Å². The Balaban J connectivity index is 2.32. The minimum atomic E-state index is -0.193. The van der Waals surface area contributed by atoms with E-state index in [2.05, 4.69) is 19.1 Å². The van der Waals surface area contributed by atoms with Crippen LogP contribution in [-0.4, -0.2) is 13.1 Å². The number of rotatable bonds is 2. The molecule has 0 aliphatic heterocycles. The first-order valence-electron chi connectivity index (χ1n) is 5.99. The Bertz CT molecular complexity index is 282. The molecule has 0 aromatic rings. The van der Waals surface area contributed by atoms with Crippen molar-refractivity contribution in [2.45, 2.75) is 39.0 Å². The first kappa shape index (κ1) is 10.7. The van der Waals surface area contributed by atoms with Gasteiger partial charge in [-0.15, -0.1) is 0 Å². The number of methoxy groups -OCH3 is 1. The Labute approximate surface area is 91.7 Å². The summed E-state index contributed by atoms with van der Waals surface area (Å²) < 4.78 is 5.03. The predicted octanol–water partition coefficient (Wildman–Crippen LogP) is 2.93. The highest BCUT2D eigenvalue weighted by Gasteiger charge is 2.49. The summed E-state index contributed by atoms with van der Waals surface area (Å²) in [6.07, 6.45) is 10.0. The number of allylic oxidation sites excluding steroid dienone is 2. The molecule has 0 saturated heterocycles. The first-order valence-corrected chi connectivity index (χ1v) is 5.99. The average molecular weight is 208 g/mol. The van der Waals surface area contributed by atoms with Gasteiger partial charge in [-0.25, -0.2) is 0 Å². The normalized spacial score (nSPS) is 38.8. The molecule has 0 spiro atoms. The van der Waals surface area contributed by atoms with Crippen LogP contribution in [0.15, 0.2) is 12.2 Å². The van der Waals surface area contributed by atoms with Gasteiger partial charge in [-0.2, -0.15) is 0 Å². The summed E-state index contributed by atoms with van der Waals surface area (Å²) in [4.78, 5) is 12.0. The average Bonchev–Trinajstić information content (AvgIpc) is 2.28. The van der Waals surface area contributed by atoms with Crippen molar-refractivity contribution in [3.05, 3.63) is 12.2 Å². The van der Waals surface area contributed by atoms with Gasteiger partial charge in [0.1, 0.15) is 0 Å². The molecule has 0 radical (unpaired) electrons. The van der Waals surface area contributed by atoms with E-state index < -0.39 is 0 Å². The Morgan fingerprint density at radius 2 is 2.33 bits per heavy atom. The molecule has 2 aliphatic carbocycles. The Morgan fingerprint density at radius 3 is 3.00 bits per heavy atom. The lowest BCUT2D eigenvalue weighted by Crippen LogP contribution is -2.44. The van der Waals surface area contributed by atoms with Crippen LogP contribution in [0, 0.1) is 17.3 Å². The minimum Gasteiger partial charge on any atom is -0.469 e. The molecule has 2 nitrogen and oxygen atoms in total. The summed E-state index contributed by atoms with van der Waals surface area (Å²) in [5, 5.41) is 0. The number of ether oxygens (including phenoxy) is 1. The molecule has 15 heavy (non-hydrogen) atoms. The molecule has 2 heteroatoms. The molecule has 0 heterocycles. The van der Waals surface area contributed by atoms with E-state index in [1.165, 1.54) is 20.0 Å². The second kappa shape index (κ2) is 3.99. The SMILES string of the molecule is CCC1C=CC2CCCC1(C(=O)OC)C2. The Hall–Kier alpha value is -0.790. The van der Waals surface area contributed by atoms with Crippen molar-refractivity contribution in [1.29, 1.82) is 0 Å². The summed E-state index contributed by atoms with van der Waals surface area (Å²) in [7, 11) is 1.52. The number of esters is 1. The fraction of sp³-hybridized carbons (Fsp3) is 0.769. The number of carbonyl (C=O) groups excluding carboxylic acids is 1. The lowest BCUT2D eigenvalue weighted by atomic mass is 9.59. The molecule has 2 aliphatic rings. The number of hydrogen-bond donors (Lipinski definition) is 0. The highest BCUT2D eigenvalue weighted by molar-refractivity contribution is 5.78. The molecule has 2 bridgehead atoms. The number of hydrogen-bond acceptors (Lipinski definition) is 2. The molecule has 0 aromatic carbocycles. The highest BCUT2D eigenvalue weighted by Crippen LogP contribution is 2.50. The molecular weight excluding hydrogens is 188 g/mol. The molecule has 84 valence electrons. The van der Waals surface area contributed by atoms with Crippen LogP contribution in [0.3, 0.4) is 0 Å². The topological polar surface area (TPSA) is 26.3 Å². The third-order valence-corrected chi connectivity index (χ3v) is 4.18. The van der Waals surface area contributed by atoms with Crippen LogP contribution in [-0.2, 0) is 9.53 Å². The first-order chi connectivity index (χ1) is 7.23. The van der Waals surface area contributed by atoms with Crippen molar-refractivity contribution < 1.29 is 9.53 Å². The number of carbonyl (C=O) groups is 1. The smallest absolute Gasteiger partial charge is 0.312 e. The van der Waals surface area contributed by atoms with E-state index in [9.17, 15) is 4.79 Å². The molecule has 0 aromatic heterocycles. The zero-order valence-electron chi connectivity index (χ0n) is 9.66. The van der Waals surface area contributed by atoms with Crippen LogP contribution in [0.4, 0.5) is 0 Å². The minimum absolute atomic E-state index is 0.0170. The van der Waals surface area contributed by atoms with Gasteiger partial charge < -0.3 is 4.74 Å². The van der Waals surface area contributed by atoms with Crippen molar-refractivity contribution in [1.82, 2.24) is 0 Å². The van der Waals surface area contributed by atoms with Gasteiger partial charge >= 0.3 is 5.97 Å². The lowest BCUT2D eigenvalue weighted by molar-refractivity contribution is -0.159. The Kier molecular flexibility index (Phi) is 2.85. The quantitative estimate of drug-likeness (QED) is 0.515. The maximum Gasteiger partial charge on any atom is 0.312 e. The monoisotopic (exact) mass is 208 g/mol. The maximum atomic E-state index is 12.0. The van der Waals surface area contributed by atoms with E-state index >= 15 is 0 Å². The molecule has 0 N–H and O–H groups in total. The maximum absolute atomic E-state index is 12.0. The van der Waals surface area contributed by atoms with Gasteiger partial charge in [-0.05, 0) is 37.5 Å². The molecule has 3 atom stereocenters. The van der Waals surface area contributed by atoms with Crippen LogP contribution in [0.1, 0.15) is 39.0 Å². The van der Waals surface area contributed by atoms with Gasteiger partial charge in [-0.1, -0.05) is 25.5 Å². The van der Waals surface area contributed by atoms with Crippen molar-refractivity contribution in [3.63, 3.8) is 0 Å². The lowest BCUT2D eigenvalue weighted by Gasteiger charge is -2.45. The number of fused-ring (bicyclic) bond motifs is 2. The van der Waals surface area contributed by atoms with Gasteiger partial charge in [-0.3, -0.25) is 4.79 Å². The zero-order valence-corrected chi connectivity index (χ0v) is 9.66. The van der Waals surface area contributed by atoms with E-state index in [1.54, 1.807) is 0 Å². The molecule has 3 unspecified atom stereocenters. The summed E-state index contributed by atoms with van der Waals surface area (Å²) in [5.41, 5.74) is -0.193. The van der Waals surface area contributed by atoms with Crippen molar-refractivity contribution in [2.24, 2.45) is 17.3 Å². The van der Waals surface area contributed by atoms with Crippen molar-refractivity contribution in [2.75, 3.05) is 7.11 Å². The van der Waals surface area contributed by atoms with E-state index in [0.29, 0.717) is 11.8 Å². The standard InChI is InChI=1S/C13H20O2/c1-3-11-7-6-10-5-4-8-13(11,9-10)12(14)15-2/h6-7,10-11H,3-5,8-9H2,1-2H3. The second-order valence-corrected chi connectivity index (χ2v) is 4.90.